The number of carbonyl (C=O) groups excluding carboxylic acids is 6. The first kappa shape index (κ1) is 47.8. The van der Waals surface area contributed by atoms with Crippen LogP contribution >= 0.6 is 0 Å². The van der Waals surface area contributed by atoms with Gasteiger partial charge in [0.2, 0.25) is 23.6 Å². The van der Waals surface area contributed by atoms with Crippen LogP contribution in [0.2, 0.25) is 0 Å². The summed E-state index contributed by atoms with van der Waals surface area (Å²) < 4.78 is 23.8. The molecule has 66 heavy (non-hydrogen) atoms. The van der Waals surface area contributed by atoms with Gasteiger partial charge in [-0.25, -0.2) is 14.0 Å². The molecule has 3 aromatic carbocycles. The minimum Gasteiger partial charge on any atom is -0.453 e. The maximum absolute atomic E-state index is 14.1. The van der Waals surface area contributed by atoms with E-state index in [4.69, 9.17) is 9.47 Å². The minimum absolute atomic E-state index is 0.0127. The van der Waals surface area contributed by atoms with Crippen LogP contribution in [0.25, 0.3) is 0 Å². The molecule has 15 nitrogen and oxygen atoms in total. The number of benzene rings is 3. The summed E-state index contributed by atoms with van der Waals surface area (Å²) in [5.41, 5.74) is 3.83. The third-order valence-electron chi connectivity index (χ3n) is 13.8. The van der Waals surface area contributed by atoms with Crippen molar-refractivity contribution in [3.63, 3.8) is 0 Å². The number of ether oxygens (including phenoxy) is 2. The van der Waals surface area contributed by atoms with Crippen LogP contribution in [0.4, 0.5) is 31.0 Å². The molecule has 0 radical (unpaired) electrons. The molecule has 6 amide bonds. The van der Waals surface area contributed by atoms with Gasteiger partial charge >= 0.3 is 12.2 Å². The molecule has 0 spiro atoms. The van der Waals surface area contributed by atoms with Crippen molar-refractivity contribution in [2.24, 2.45) is 11.8 Å². The number of methoxy groups -OCH3 is 2. The van der Waals surface area contributed by atoms with E-state index in [0.29, 0.717) is 63.2 Å². The second kappa shape index (κ2) is 22.8. The number of nitrogens with zero attached hydrogens (tertiary/aromatic N) is 3. The molecule has 354 valence electrons. The summed E-state index contributed by atoms with van der Waals surface area (Å²) in [6.07, 6.45) is 10.5. The van der Waals surface area contributed by atoms with Crippen molar-refractivity contribution in [2.75, 3.05) is 42.8 Å². The lowest BCUT2D eigenvalue weighted by Crippen LogP contribution is -2.55. The van der Waals surface area contributed by atoms with Crippen LogP contribution in [0, 0.1) is 17.7 Å². The molecule has 0 bridgehead atoms. The molecule has 2 heterocycles. The molecule has 2 aliphatic carbocycles. The van der Waals surface area contributed by atoms with Crippen LogP contribution in [0.15, 0.2) is 72.8 Å². The molecule has 4 atom stereocenters. The molecule has 0 unspecified atom stereocenters. The van der Waals surface area contributed by atoms with E-state index < -0.39 is 36.4 Å². The van der Waals surface area contributed by atoms with E-state index in [0.717, 1.165) is 81.0 Å². The van der Waals surface area contributed by atoms with Gasteiger partial charge in [0.05, 0.1) is 14.2 Å². The minimum atomic E-state index is -0.747. The lowest BCUT2D eigenvalue weighted by Gasteiger charge is -2.34. The van der Waals surface area contributed by atoms with Crippen molar-refractivity contribution in [2.45, 2.75) is 127 Å². The van der Waals surface area contributed by atoms with Crippen molar-refractivity contribution < 1.29 is 42.6 Å². The quantitative estimate of drug-likeness (QED) is 0.120. The Morgan fingerprint density at radius 1 is 0.561 bits per heavy atom. The number of halogens is 1. The summed E-state index contributed by atoms with van der Waals surface area (Å²) in [4.78, 5) is 85.1. The van der Waals surface area contributed by atoms with Crippen LogP contribution in [-0.4, -0.2) is 97.1 Å². The van der Waals surface area contributed by atoms with E-state index in [1.54, 1.807) is 21.9 Å². The molecule has 7 rings (SSSR count). The summed E-state index contributed by atoms with van der Waals surface area (Å²) in [5.74, 6) is -1.45. The predicted octanol–water partition coefficient (Wildman–Crippen LogP) is 7.50. The second-order valence-corrected chi connectivity index (χ2v) is 18.1. The van der Waals surface area contributed by atoms with E-state index in [-0.39, 0.29) is 41.3 Å². The number of nitrogens with one attached hydrogen (secondary N) is 4. The van der Waals surface area contributed by atoms with Gasteiger partial charge in [-0.15, -0.1) is 0 Å². The Morgan fingerprint density at radius 3 is 1.33 bits per heavy atom. The zero-order valence-electron chi connectivity index (χ0n) is 38.1. The Morgan fingerprint density at radius 2 is 0.955 bits per heavy atom. The third-order valence-corrected chi connectivity index (χ3v) is 13.8. The van der Waals surface area contributed by atoms with Gasteiger partial charge in [0, 0.05) is 43.2 Å². The van der Waals surface area contributed by atoms with Crippen LogP contribution in [0.5, 0.6) is 0 Å². The second-order valence-electron chi connectivity index (χ2n) is 18.1. The van der Waals surface area contributed by atoms with Crippen molar-refractivity contribution in [3.8, 4) is 0 Å². The fourth-order valence-corrected chi connectivity index (χ4v) is 10.2. The highest BCUT2D eigenvalue weighted by Gasteiger charge is 2.42. The molecule has 2 aliphatic heterocycles. The molecule has 4 N–H and O–H groups in total. The maximum atomic E-state index is 14.1. The largest absolute Gasteiger partial charge is 0.453 e. The first-order valence-electron chi connectivity index (χ1n) is 23.6. The normalized spacial score (nSPS) is 19.9. The first-order chi connectivity index (χ1) is 32.0. The summed E-state index contributed by atoms with van der Waals surface area (Å²) in [6.45, 7) is 1.77. The van der Waals surface area contributed by atoms with Gasteiger partial charge in [-0.3, -0.25) is 19.2 Å². The SMILES string of the molecule is COC(=O)N[C@H](C(=O)N1CCC[C@H]1C(=O)Nc1ccc(CN(Cc2ccc(NC(=O)[C@@H]3CCCN3C(=O)[C@@H](NC(=O)OC)C3CCCCC3)cc2)c2ccc(F)cc2)cc1)C1CCCCC1. The molecule has 4 fully saturated rings. The summed E-state index contributed by atoms with van der Waals surface area (Å²) in [7, 11) is 2.55. The topological polar surface area (TPSA) is 179 Å². The Balaban J connectivity index is 0.971. The van der Waals surface area contributed by atoms with E-state index in [1.165, 1.54) is 26.4 Å². The highest BCUT2D eigenvalue weighted by atomic mass is 19.1. The van der Waals surface area contributed by atoms with Gasteiger partial charge in [0.1, 0.15) is 30.0 Å². The molecule has 4 aliphatic rings. The maximum Gasteiger partial charge on any atom is 0.407 e. The van der Waals surface area contributed by atoms with E-state index in [2.05, 4.69) is 26.2 Å². The highest BCUT2D eigenvalue weighted by Crippen LogP contribution is 2.32. The van der Waals surface area contributed by atoms with Gasteiger partial charge in [-0.05, 0) is 123 Å². The number of alkyl carbamates (subject to hydrolysis) is 2. The number of amides is 6. The molecule has 2 saturated carbocycles. The summed E-state index contributed by atoms with van der Waals surface area (Å²) in [5, 5.41) is 11.5. The summed E-state index contributed by atoms with van der Waals surface area (Å²) >= 11 is 0. The number of carbonyl (C=O) groups is 6. The smallest absolute Gasteiger partial charge is 0.407 e. The molecular weight excluding hydrogens is 846 g/mol. The lowest BCUT2D eigenvalue weighted by atomic mass is 9.83. The van der Waals surface area contributed by atoms with Gasteiger partial charge < -0.3 is 45.4 Å². The molecule has 16 heteroatoms. The molecule has 0 aromatic heterocycles. The third kappa shape index (κ3) is 12.2. The molecule has 2 saturated heterocycles. The Bertz CT molecular complexity index is 2020. The van der Waals surface area contributed by atoms with Crippen LogP contribution < -0.4 is 26.2 Å². The van der Waals surface area contributed by atoms with Gasteiger partial charge in [-0.1, -0.05) is 62.8 Å². The lowest BCUT2D eigenvalue weighted by molar-refractivity contribution is -0.139. The van der Waals surface area contributed by atoms with E-state index >= 15 is 0 Å². The zero-order chi connectivity index (χ0) is 46.6. The van der Waals surface area contributed by atoms with Crippen LogP contribution in [0.1, 0.15) is 101 Å². The Labute approximate surface area is 386 Å². The Kier molecular flexibility index (Phi) is 16.5. The monoisotopic (exact) mass is 909 g/mol. The Hall–Kier alpha value is -6.19. The van der Waals surface area contributed by atoms with E-state index in [9.17, 15) is 33.2 Å². The van der Waals surface area contributed by atoms with Crippen molar-refractivity contribution in [1.82, 2.24) is 20.4 Å². The highest BCUT2D eigenvalue weighted by molar-refractivity contribution is 5.99. The number of likely N-dealkylation sites (tertiary alicyclic amines) is 2. The van der Waals surface area contributed by atoms with E-state index in [1.807, 2.05) is 48.5 Å². The molecular formula is C50H64FN7O8. The number of hydrogen-bond acceptors (Lipinski definition) is 9. The van der Waals surface area contributed by atoms with Crippen LogP contribution in [-0.2, 0) is 41.7 Å². The average Bonchev–Trinajstić information content (AvgIpc) is 4.06. The first-order valence-corrected chi connectivity index (χ1v) is 23.6. The fraction of sp³-hybridized carbons (Fsp3) is 0.520. The van der Waals surface area contributed by atoms with Gasteiger partial charge in [-0.2, -0.15) is 0 Å². The standard InChI is InChI=1S/C50H64FN7O8/c1-65-49(63)54-43(35-11-5-3-6-12-35)47(61)57-29-9-15-41(57)45(59)52-38-23-17-33(18-24-38)31-56(40-27-21-37(51)22-28-40)32-34-19-25-39(26-20-34)53-46(60)42-16-10-30-58(42)48(62)44(55-50(64)66-2)36-13-7-4-8-14-36/h17-28,35-36,41-44H,3-16,29-32H2,1-2H3,(H,52,59)(H,53,60)(H,54,63)(H,55,64)/t41-,42-,43-,44-/m0/s1. The number of hydrogen-bond donors (Lipinski definition) is 4. The zero-order valence-corrected chi connectivity index (χ0v) is 38.1. The van der Waals surface area contributed by atoms with Crippen LogP contribution in [0.3, 0.4) is 0 Å². The van der Waals surface area contributed by atoms with Gasteiger partial charge in [0.15, 0.2) is 0 Å². The number of anilines is 3. The van der Waals surface area contributed by atoms with Crippen molar-refractivity contribution in [1.29, 1.82) is 0 Å². The predicted molar refractivity (Wildman–Crippen MR) is 248 cm³/mol. The summed E-state index contributed by atoms with van der Waals surface area (Å²) in [6, 6.07) is 18.4. The van der Waals surface area contributed by atoms with Crippen molar-refractivity contribution >= 4 is 52.9 Å². The average molecular weight is 910 g/mol. The fourth-order valence-electron chi connectivity index (χ4n) is 10.2. The van der Waals surface area contributed by atoms with Crippen molar-refractivity contribution in [3.05, 3.63) is 89.7 Å². The molecule has 3 aromatic rings. The number of rotatable bonds is 15. The van der Waals surface area contributed by atoms with Gasteiger partial charge in [0.25, 0.3) is 0 Å².